The van der Waals surface area contributed by atoms with Gasteiger partial charge in [-0.25, -0.2) is 0 Å². The maximum absolute atomic E-state index is 13.3. The molecule has 0 aromatic heterocycles. The van der Waals surface area contributed by atoms with Crippen molar-refractivity contribution in [1.29, 1.82) is 0 Å². The number of aryl methyl sites for hydroxylation is 1. The van der Waals surface area contributed by atoms with Crippen LogP contribution in [-0.2, 0) is 19.1 Å². The fourth-order valence-corrected chi connectivity index (χ4v) is 4.86. The summed E-state index contributed by atoms with van der Waals surface area (Å²) in [5, 5.41) is 0. The minimum absolute atomic E-state index is 0.0257. The van der Waals surface area contributed by atoms with E-state index in [-0.39, 0.29) is 36.4 Å². The van der Waals surface area contributed by atoms with Crippen molar-refractivity contribution in [3.8, 4) is 0 Å². The number of benzene rings is 1. The minimum atomic E-state index is -0.414. The van der Waals surface area contributed by atoms with Gasteiger partial charge in [0.25, 0.3) is 0 Å². The molecule has 1 spiro atoms. The molecule has 3 aliphatic rings. The molecule has 3 aliphatic heterocycles. The molecule has 2 amide bonds. The number of anilines is 1. The lowest BCUT2D eigenvalue weighted by molar-refractivity contribution is -0.180. The lowest BCUT2D eigenvalue weighted by atomic mass is 9.92. The number of ether oxygens (including phenoxy) is 2. The van der Waals surface area contributed by atoms with E-state index in [0.717, 1.165) is 23.2 Å². The highest BCUT2D eigenvalue weighted by atomic mass is 16.6. The zero-order valence-corrected chi connectivity index (χ0v) is 17.2. The zero-order valence-electron chi connectivity index (χ0n) is 17.2. The Morgan fingerprint density at radius 2 is 2.00 bits per heavy atom. The second-order valence-corrected chi connectivity index (χ2v) is 8.60. The fourth-order valence-electron chi connectivity index (χ4n) is 4.86. The fraction of sp³-hybridized carbons (Fsp3) is 0.636. The van der Waals surface area contributed by atoms with Gasteiger partial charge in [-0.3, -0.25) is 9.59 Å². The first-order chi connectivity index (χ1) is 13.3. The van der Waals surface area contributed by atoms with Crippen molar-refractivity contribution in [2.24, 2.45) is 5.92 Å². The maximum atomic E-state index is 13.3. The van der Waals surface area contributed by atoms with Crippen LogP contribution in [0.4, 0.5) is 5.69 Å². The van der Waals surface area contributed by atoms with Gasteiger partial charge in [-0.1, -0.05) is 12.1 Å². The third kappa shape index (κ3) is 3.22. The summed E-state index contributed by atoms with van der Waals surface area (Å²) in [5.41, 5.74) is 2.76. The van der Waals surface area contributed by atoms with E-state index in [1.807, 2.05) is 50.8 Å². The molecule has 1 aromatic rings. The van der Waals surface area contributed by atoms with Gasteiger partial charge in [0.1, 0.15) is 5.60 Å². The Morgan fingerprint density at radius 3 is 2.71 bits per heavy atom. The van der Waals surface area contributed by atoms with E-state index >= 15 is 0 Å². The van der Waals surface area contributed by atoms with E-state index in [9.17, 15) is 9.59 Å². The van der Waals surface area contributed by atoms with Crippen molar-refractivity contribution in [1.82, 2.24) is 4.90 Å². The molecule has 3 heterocycles. The number of carbonyl (C=O) groups excluding carboxylic acids is 2. The smallest absolute Gasteiger partial charge is 0.228 e. The highest BCUT2D eigenvalue weighted by molar-refractivity contribution is 6.01. The molecule has 3 saturated heterocycles. The van der Waals surface area contributed by atoms with Crippen LogP contribution in [0.15, 0.2) is 18.2 Å². The summed E-state index contributed by atoms with van der Waals surface area (Å²) in [5.74, 6) is -0.206. The van der Waals surface area contributed by atoms with Crippen LogP contribution < -0.4 is 4.90 Å². The van der Waals surface area contributed by atoms with Crippen LogP contribution in [0.1, 0.15) is 37.8 Å². The van der Waals surface area contributed by atoms with Crippen molar-refractivity contribution in [2.75, 3.05) is 31.1 Å². The van der Waals surface area contributed by atoms with E-state index in [4.69, 9.17) is 9.47 Å². The summed E-state index contributed by atoms with van der Waals surface area (Å²) in [6.45, 7) is 10.3. The average Bonchev–Trinajstić information content (AvgIpc) is 3.19. The Balaban J connectivity index is 1.51. The van der Waals surface area contributed by atoms with Crippen molar-refractivity contribution in [2.45, 2.75) is 58.3 Å². The number of amides is 2. The van der Waals surface area contributed by atoms with Crippen LogP contribution in [0.3, 0.4) is 0 Å². The van der Waals surface area contributed by atoms with E-state index in [2.05, 4.69) is 0 Å². The van der Waals surface area contributed by atoms with Gasteiger partial charge in [-0.05, 0) is 44.9 Å². The number of rotatable bonds is 2. The SMILES string of the molecule is Cc1cccc(N2C[C@H](C(=O)N3C[C@H](C)O[C@]4(CCO[C@@H]4C)C3)CC2=O)c1C. The van der Waals surface area contributed by atoms with E-state index in [1.54, 1.807) is 4.90 Å². The summed E-state index contributed by atoms with van der Waals surface area (Å²) in [6.07, 6.45) is 1.02. The van der Waals surface area contributed by atoms with Gasteiger partial charge >= 0.3 is 0 Å². The predicted molar refractivity (Wildman–Crippen MR) is 106 cm³/mol. The standard InChI is InChI=1S/C22H30N2O4/c1-14-6-5-7-19(16(14)3)24-12-18(10-20(24)25)21(26)23-11-15(2)28-22(13-23)8-9-27-17(22)4/h5-7,15,17-18H,8-13H2,1-4H3/t15-,17+,18+,22+/m0/s1. The summed E-state index contributed by atoms with van der Waals surface area (Å²) in [7, 11) is 0. The second-order valence-electron chi connectivity index (χ2n) is 8.60. The molecule has 4 rings (SSSR count). The first kappa shape index (κ1) is 19.4. The lowest BCUT2D eigenvalue weighted by Gasteiger charge is -2.45. The van der Waals surface area contributed by atoms with Gasteiger partial charge in [0, 0.05) is 38.2 Å². The summed E-state index contributed by atoms with van der Waals surface area (Å²) in [4.78, 5) is 29.7. The molecule has 3 fully saturated rings. The number of morpholine rings is 1. The van der Waals surface area contributed by atoms with Gasteiger partial charge in [0.2, 0.25) is 11.8 Å². The Labute approximate surface area is 166 Å². The van der Waals surface area contributed by atoms with E-state index < -0.39 is 5.60 Å². The van der Waals surface area contributed by atoms with Crippen molar-refractivity contribution in [3.05, 3.63) is 29.3 Å². The number of carbonyl (C=O) groups is 2. The van der Waals surface area contributed by atoms with Crippen molar-refractivity contribution < 1.29 is 19.1 Å². The molecule has 0 bridgehead atoms. The number of hydrogen-bond donors (Lipinski definition) is 0. The van der Waals surface area contributed by atoms with Crippen LogP contribution in [-0.4, -0.2) is 60.8 Å². The summed E-state index contributed by atoms with van der Waals surface area (Å²) < 4.78 is 12.0. The highest BCUT2D eigenvalue weighted by Gasteiger charge is 2.50. The molecular formula is C22H30N2O4. The second kappa shape index (κ2) is 7.16. The van der Waals surface area contributed by atoms with Crippen molar-refractivity contribution >= 4 is 17.5 Å². The zero-order chi connectivity index (χ0) is 20.1. The largest absolute Gasteiger partial charge is 0.375 e. The van der Waals surface area contributed by atoms with E-state index in [1.165, 1.54) is 0 Å². The van der Waals surface area contributed by atoms with E-state index in [0.29, 0.717) is 26.2 Å². The topological polar surface area (TPSA) is 59.1 Å². The molecule has 6 heteroatoms. The molecule has 28 heavy (non-hydrogen) atoms. The Morgan fingerprint density at radius 1 is 1.21 bits per heavy atom. The van der Waals surface area contributed by atoms with Gasteiger partial charge in [-0.15, -0.1) is 0 Å². The van der Waals surface area contributed by atoms with Crippen LogP contribution in [0.2, 0.25) is 0 Å². The quantitative estimate of drug-likeness (QED) is 0.783. The third-order valence-corrected chi connectivity index (χ3v) is 6.66. The predicted octanol–water partition coefficient (Wildman–Crippen LogP) is 2.45. The first-order valence-corrected chi connectivity index (χ1v) is 10.3. The normalized spacial score (nSPS) is 33.1. The molecule has 6 nitrogen and oxygen atoms in total. The molecule has 152 valence electrons. The highest BCUT2D eigenvalue weighted by Crippen LogP contribution is 2.36. The Kier molecular flexibility index (Phi) is 4.96. The number of hydrogen-bond acceptors (Lipinski definition) is 4. The minimum Gasteiger partial charge on any atom is -0.375 e. The Bertz CT molecular complexity index is 795. The lowest BCUT2D eigenvalue weighted by Crippen LogP contribution is -2.60. The van der Waals surface area contributed by atoms with Crippen LogP contribution in [0.5, 0.6) is 0 Å². The Hall–Kier alpha value is -1.92. The molecule has 4 atom stereocenters. The molecule has 0 radical (unpaired) electrons. The summed E-state index contributed by atoms with van der Waals surface area (Å²) in [6, 6.07) is 5.98. The van der Waals surface area contributed by atoms with Crippen LogP contribution in [0, 0.1) is 19.8 Å². The first-order valence-electron chi connectivity index (χ1n) is 10.3. The van der Waals surface area contributed by atoms with Gasteiger partial charge in [-0.2, -0.15) is 0 Å². The summed E-state index contributed by atoms with van der Waals surface area (Å²) >= 11 is 0. The maximum Gasteiger partial charge on any atom is 0.228 e. The van der Waals surface area contributed by atoms with Crippen molar-refractivity contribution in [3.63, 3.8) is 0 Å². The average molecular weight is 386 g/mol. The molecule has 0 saturated carbocycles. The molecule has 1 aromatic carbocycles. The van der Waals surface area contributed by atoms with Crippen LogP contribution >= 0.6 is 0 Å². The molecular weight excluding hydrogens is 356 g/mol. The van der Waals surface area contributed by atoms with Gasteiger partial charge < -0.3 is 19.3 Å². The van der Waals surface area contributed by atoms with Crippen LogP contribution in [0.25, 0.3) is 0 Å². The molecule has 0 N–H and O–H groups in total. The number of nitrogens with zero attached hydrogens (tertiary/aromatic N) is 2. The van der Waals surface area contributed by atoms with Gasteiger partial charge in [0.15, 0.2) is 0 Å². The van der Waals surface area contributed by atoms with Gasteiger partial charge in [0.05, 0.1) is 24.7 Å². The third-order valence-electron chi connectivity index (χ3n) is 6.66. The molecule has 0 aliphatic carbocycles. The molecule has 0 unspecified atom stereocenters. The monoisotopic (exact) mass is 386 g/mol.